The number of anilines is 1. The van der Waals surface area contributed by atoms with Crippen molar-refractivity contribution in [2.45, 2.75) is 32.1 Å². The standard InChI is InChI=1S/C15H19NO/c1-3-5-11-16-14-10-7-6-9-12(14)13(8-4-2)15(16)17/h4,6-7,9-10,13H,2-3,5,8,11H2,1H3. The van der Waals surface area contributed by atoms with E-state index in [1.165, 1.54) is 0 Å². The quantitative estimate of drug-likeness (QED) is 0.708. The molecule has 0 radical (unpaired) electrons. The van der Waals surface area contributed by atoms with Crippen LogP contribution in [0.5, 0.6) is 0 Å². The summed E-state index contributed by atoms with van der Waals surface area (Å²) in [6.45, 7) is 6.73. The summed E-state index contributed by atoms with van der Waals surface area (Å²) in [6.07, 6.45) is 4.74. The molecule has 1 aromatic rings. The molecule has 1 unspecified atom stereocenters. The zero-order valence-electron chi connectivity index (χ0n) is 10.4. The summed E-state index contributed by atoms with van der Waals surface area (Å²) in [5.74, 6) is 0.222. The number of fused-ring (bicyclic) bond motifs is 1. The number of hydrogen-bond donors (Lipinski definition) is 0. The maximum Gasteiger partial charge on any atom is 0.234 e. The molecule has 1 aliphatic heterocycles. The van der Waals surface area contributed by atoms with Gasteiger partial charge < -0.3 is 4.90 Å². The zero-order valence-corrected chi connectivity index (χ0v) is 10.4. The molecule has 90 valence electrons. The van der Waals surface area contributed by atoms with Gasteiger partial charge in [0.05, 0.1) is 5.92 Å². The molecule has 17 heavy (non-hydrogen) atoms. The second-order valence-corrected chi connectivity index (χ2v) is 4.48. The lowest BCUT2D eigenvalue weighted by Gasteiger charge is -2.17. The molecule has 2 nitrogen and oxygen atoms in total. The Morgan fingerprint density at radius 2 is 2.18 bits per heavy atom. The van der Waals surface area contributed by atoms with Crippen LogP contribution in [0.15, 0.2) is 36.9 Å². The first kappa shape index (κ1) is 11.9. The van der Waals surface area contributed by atoms with Gasteiger partial charge in [0.1, 0.15) is 0 Å². The molecule has 0 spiro atoms. The SMILES string of the molecule is C=CCC1C(=O)N(CCCC)c2ccccc21. The van der Waals surface area contributed by atoms with Crippen LogP contribution in [-0.4, -0.2) is 12.5 Å². The monoisotopic (exact) mass is 229 g/mol. The van der Waals surface area contributed by atoms with Crippen molar-refractivity contribution in [1.82, 2.24) is 0 Å². The number of allylic oxidation sites excluding steroid dienone is 1. The number of carbonyl (C=O) groups is 1. The van der Waals surface area contributed by atoms with Crippen molar-refractivity contribution in [3.05, 3.63) is 42.5 Å². The number of benzene rings is 1. The summed E-state index contributed by atoms with van der Waals surface area (Å²) >= 11 is 0. The van der Waals surface area contributed by atoms with E-state index in [0.717, 1.165) is 37.1 Å². The van der Waals surface area contributed by atoms with Crippen LogP contribution in [0.3, 0.4) is 0 Å². The van der Waals surface area contributed by atoms with Crippen LogP contribution in [0.4, 0.5) is 5.69 Å². The van der Waals surface area contributed by atoms with Crippen molar-refractivity contribution in [1.29, 1.82) is 0 Å². The molecule has 1 heterocycles. The lowest BCUT2D eigenvalue weighted by Crippen LogP contribution is -2.29. The number of rotatable bonds is 5. The predicted octanol–water partition coefficient (Wildman–Crippen LogP) is 3.49. The Morgan fingerprint density at radius 3 is 2.88 bits per heavy atom. The molecule has 2 heteroatoms. The summed E-state index contributed by atoms with van der Waals surface area (Å²) in [5.41, 5.74) is 2.26. The van der Waals surface area contributed by atoms with Gasteiger partial charge in [0.2, 0.25) is 5.91 Å². The molecule has 0 fully saturated rings. The van der Waals surface area contributed by atoms with Gasteiger partial charge in [-0.2, -0.15) is 0 Å². The first-order chi connectivity index (χ1) is 8.29. The van der Waals surface area contributed by atoms with Crippen molar-refractivity contribution in [3.63, 3.8) is 0 Å². The Kier molecular flexibility index (Phi) is 3.62. The van der Waals surface area contributed by atoms with Crippen LogP contribution in [0.1, 0.15) is 37.7 Å². The second kappa shape index (κ2) is 5.17. The van der Waals surface area contributed by atoms with E-state index in [4.69, 9.17) is 0 Å². The third-order valence-corrected chi connectivity index (χ3v) is 3.30. The highest BCUT2D eigenvalue weighted by Crippen LogP contribution is 2.39. The maximum atomic E-state index is 12.3. The fourth-order valence-electron chi connectivity index (χ4n) is 2.41. The van der Waals surface area contributed by atoms with E-state index in [0.29, 0.717) is 0 Å². The van der Waals surface area contributed by atoms with Gasteiger partial charge in [0.15, 0.2) is 0 Å². The Hall–Kier alpha value is -1.57. The predicted molar refractivity (Wildman–Crippen MR) is 71.3 cm³/mol. The number of unbranched alkanes of at least 4 members (excludes halogenated alkanes) is 1. The fraction of sp³-hybridized carbons (Fsp3) is 0.400. The molecule has 1 atom stereocenters. The van der Waals surface area contributed by atoms with Crippen LogP contribution >= 0.6 is 0 Å². The van der Waals surface area contributed by atoms with E-state index in [-0.39, 0.29) is 11.8 Å². The van der Waals surface area contributed by atoms with Crippen molar-refractivity contribution in [3.8, 4) is 0 Å². The van der Waals surface area contributed by atoms with Gasteiger partial charge in [-0.05, 0) is 24.5 Å². The van der Waals surface area contributed by atoms with Gasteiger partial charge in [0.25, 0.3) is 0 Å². The molecular weight excluding hydrogens is 210 g/mol. The number of hydrogen-bond acceptors (Lipinski definition) is 1. The summed E-state index contributed by atoms with van der Waals surface area (Å²) in [4.78, 5) is 14.3. The average Bonchev–Trinajstić information content (AvgIpc) is 2.61. The lowest BCUT2D eigenvalue weighted by molar-refractivity contribution is -0.119. The first-order valence-corrected chi connectivity index (χ1v) is 6.30. The minimum Gasteiger partial charge on any atom is -0.312 e. The van der Waals surface area contributed by atoms with Gasteiger partial charge in [-0.15, -0.1) is 6.58 Å². The zero-order chi connectivity index (χ0) is 12.3. The normalized spacial score (nSPS) is 18.3. The van der Waals surface area contributed by atoms with Gasteiger partial charge in [-0.3, -0.25) is 4.79 Å². The molecule has 1 aromatic carbocycles. The molecule has 0 aliphatic carbocycles. The third kappa shape index (κ3) is 2.12. The average molecular weight is 229 g/mol. The summed E-state index contributed by atoms with van der Waals surface area (Å²) < 4.78 is 0. The molecular formula is C15H19NO. The van der Waals surface area contributed by atoms with Crippen LogP contribution in [0, 0.1) is 0 Å². The van der Waals surface area contributed by atoms with Gasteiger partial charge in [-0.1, -0.05) is 37.6 Å². The van der Waals surface area contributed by atoms with Crippen LogP contribution in [0.25, 0.3) is 0 Å². The van der Waals surface area contributed by atoms with Crippen molar-refractivity contribution in [2.24, 2.45) is 0 Å². The van der Waals surface area contributed by atoms with Crippen molar-refractivity contribution >= 4 is 11.6 Å². The second-order valence-electron chi connectivity index (χ2n) is 4.48. The van der Waals surface area contributed by atoms with E-state index in [2.05, 4.69) is 19.6 Å². The van der Waals surface area contributed by atoms with E-state index >= 15 is 0 Å². The first-order valence-electron chi connectivity index (χ1n) is 6.30. The number of para-hydroxylation sites is 1. The number of nitrogens with zero attached hydrogens (tertiary/aromatic N) is 1. The summed E-state index contributed by atoms with van der Waals surface area (Å²) in [7, 11) is 0. The van der Waals surface area contributed by atoms with Crippen molar-refractivity contribution < 1.29 is 4.79 Å². The molecule has 1 aliphatic rings. The van der Waals surface area contributed by atoms with Gasteiger partial charge >= 0.3 is 0 Å². The van der Waals surface area contributed by atoms with Gasteiger partial charge in [-0.25, -0.2) is 0 Å². The molecule has 2 rings (SSSR count). The van der Waals surface area contributed by atoms with Gasteiger partial charge in [0, 0.05) is 12.2 Å². The van der Waals surface area contributed by atoms with Crippen molar-refractivity contribution in [2.75, 3.05) is 11.4 Å². The molecule has 0 bridgehead atoms. The minimum atomic E-state index is -0.0134. The fourth-order valence-corrected chi connectivity index (χ4v) is 2.41. The molecule has 0 N–H and O–H groups in total. The smallest absolute Gasteiger partial charge is 0.234 e. The van der Waals surface area contributed by atoms with E-state index < -0.39 is 0 Å². The molecule has 0 saturated heterocycles. The largest absolute Gasteiger partial charge is 0.312 e. The van der Waals surface area contributed by atoms with E-state index in [1.54, 1.807) is 0 Å². The molecule has 0 saturated carbocycles. The van der Waals surface area contributed by atoms with Crippen LogP contribution in [-0.2, 0) is 4.79 Å². The summed E-state index contributed by atoms with van der Waals surface area (Å²) in [6, 6.07) is 8.12. The van der Waals surface area contributed by atoms with E-state index in [9.17, 15) is 4.79 Å². The van der Waals surface area contributed by atoms with E-state index in [1.807, 2.05) is 29.2 Å². The van der Waals surface area contributed by atoms with Crippen LogP contribution < -0.4 is 4.90 Å². The topological polar surface area (TPSA) is 20.3 Å². The third-order valence-electron chi connectivity index (χ3n) is 3.30. The Bertz CT molecular complexity index is 425. The Labute approximate surface area is 103 Å². The highest BCUT2D eigenvalue weighted by Gasteiger charge is 2.35. The minimum absolute atomic E-state index is 0.0134. The van der Waals surface area contributed by atoms with Crippen LogP contribution in [0.2, 0.25) is 0 Å². The maximum absolute atomic E-state index is 12.3. The highest BCUT2D eigenvalue weighted by atomic mass is 16.2. The highest BCUT2D eigenvalue weighted by molar-refractivity contribution is 6.05. The Balaban J connectivity index is 2.31. The summed E-state index contributed by atoms with van der Waals surface area (Å²) in [5, 5.41) is 0. The number of carbonyl (C=O) groups excluding carboxylic acids is 1. The number of amides is 1. The lowest BCUT2D eigenvalue weighted by atomic mass is 9.97. The molecule has 1 amide bonds. The molecule has 0 aromatic heterocycles. The Morgan fingerprint density at radius 1 is 1.41 bits per heavy atom.